The minimum atomic E-state index is -0.911. The zero-order valence-electron chi connectivity index (χ0n) is 14.6. The smallest absolute Gasteiger partial charge is 0.0596 e. The van der Waals surface area contributed by atoms with Crippen molar-refractivity contribution in [3.8, 4) is 0 Å². The maximum atomic E-state index is 12.5. The van der Waals surface area contributed by atoms with E-state index in [9.17, 15) is 4.21 Å². The molecule has 1 aromatic carbocycles. The fourth-order valence-corrected chi connectivity index (χ4v) is 4.61. The highest BCUT2D eigenvalue weighted by molar-refractivity contribution is 7.85. The van der Waals surface area contributed by atoms with Gasteiger partial charge in [-0.3, -0.25) is 13.8 Å². The average molecular weight is 346 g/mol. The van der Waals surface area contributed by atoms with E-state index in [4.69, 9.17) is 0 Å². The van der Waals surface area contributed by atoms with Crippen LogP contribution >= 0.6 is 0 Å². The van der Waals surface area contributed by atoms with E-state index in [1.165, 1.54) is 25.0 Å². The van der Waals surface area contributed by atoms with Crippen molar-refractivity contribution in [1.29, 1.82) is 0 Å². The Morgan fingerprint density at radius 2 is 2.00 bits per heavy atom. The van der Waals surface area contributed by atoms with Crippen molar-refractivity contribution >= 4 is 10.8 Å². The number of nitrogens with zero attached hydrogens (tertiary/aromatic N) is 3. The predicted molar refractivity (Wildman–Crippen MR) is 98.6 cm³/mol. The zero-order chi connectivity index (χ0) is 16.9. The summed E-state index contributed by atoms with van der Waals surface area (Å²) in [5.41, 5.74) is 2.31. The summed E-state index contributed by atoms with van der Waals surface area (Å²) in [6.45, 7) is 7.11. The summed E-state index contributed by atoms with van der Waals surface area (Å²) < 4.78 is 14.6. The Morgan fingerprint density at radius 1 is 1.21 bits per heavy atom. The van der Waals surface area contributed by atoms with E-state index in [1.807, 2.05) is 37.3 Å². The van der Waals surface area contributed by atoms with E-state index in [0.717, 1.165) is 30.2 Å². The van der Waals surface area contributed by atoms with Gasteiger partial charge >= 0.3 is 0 Å². The van der Waals surface area contributed by atoms with Gasteiger partial charge in [0.2, 0.25) is 0 Å². The summed E-state index contributed by atoms with van der Waals surface area (Å²) in [7, 11) is -0.911. The Balaban J connectivity index is 1.60. The van der Waals surface area contributed by atoms with Crippen molar-refractivity contribution in [1.82, 2.24) is 14.7 Å². The number of piperidine rings is 1. The summed E-state index contributed by atoms with van der Waals surface area (Å²) in [4.78, 5) is 3.45. The standard InChI is InChI=1S/C19H27N3OS/c1-16-14-17(2)22(20-16)15-18-8-6-7-11-21(18)12-13-24(23)19-9-4-3-5-10-19/h3-5,9-10,14,18H,6-8,11-13,15H2,1-2H3/t18-,24+/m0/s1. The molecular weight excluding hydrogens is 318 g/mol. The Bertz CT molecular complexity index is 683. The lowest BCUT2D eigenvalue weighted by Crippen LogP contribution is -2.44. The molecule has 2 atom stereocenters. The molecule has 2 aromatic rings. The van der Waals surface area contributed by atoms with Gasteiger partial charge in [0.15, 0.2) is 0 Å². The highest BCUT2D eigenvalue weighted by Gasteiger charge is 2.24. The van der Waals surface area contributed by atoms with Crippen LogP contribution in [-0.2, 0) is 17.3 Å². The third-order valence-corrected chi connectivity index (χ3v) is 6.16. The summed E-state index contributed by atoms with van der Waals surface area (Å²) in [6.07, 6.45) is 3.73. The number of rotatable bonds is 6. The van der Waals surface area contributed by atoms with Crippen molar-refractivity contribution in [2.75, 3.05) is 18.8 Å². The molecule has 1 aliphatic heterocycles. The normalized spacial score (nSPS) is 20.2. The number of hydrogen-bond donors (Lipinski definition) is 0. The van der Waals surface area contributed by atoms with Crippen LogP contribution in [-0.4, -0.2) is 43.8 Å². The molecular formula is C19H27N3OS. The molecule has 0 aliphatic carbocycles. The fraction of sp³-hybridized carbons (Fsp3) is 0.526. The number of aryl methyl sites for hydroxylation is 2. The van der Waals surface area contributed by atoms with E-state index in [2.05, 4.69) is 27.7 Å². The molecule has 24 heavy (non-hydrogen) atoms. The Morgan fingerprint density at radius 3 is 2.71 bits per heavy atom. The van der Waals surface area contributed by atoms with Crippen molar-refractivity contribution in [3.05, 3.63) is 47.8 Å². The first-order valence-corrected chi connectivity index (χ1v) is 10.1. The first-order chi connectivity index (χ1) is 11.6. The largest absolute Gasteiger partial charge is 0.298 e. The van der Waals surface area contributed by atoms with E-state index >= 15 is 0 Å². The molecule has 0 amide bonds. The van der Waals surface area contributed by atoms with E-state index in [0.29, 0.717) is 11.8 Å². The first kappa shape index (κ1) is 17.4. The van der Waals surface area contributed by atoms with Crippen LogP contribution in [0.25, 0.3) is 0 Å². The maximum Gasteiger partial charge on any atom is 0.0596 e. The topological polar surface area (TPSA) is 38.1 Å². The lowest BCUT2D eigenvalue weighted by atomic mass is 10.0. The molecule has 0 bridgehead atoms. The van der Waals surface area contributed by atoms with E-state index in [1.54, 1.807) is 0 Å². The molecule has 2 heterocycles. The quantitative estimate of drug-likeness (QED) is 0.807. The predicted octanol–water partition coefficient (Wildman–Crippen LogP) is 3.16. The second-order valence-corrected chi connectivity index (χ2v) is 8.23. The Labute approximate surface area is 147 Å². The van der Waals surface area contributed by atoms with Crippen LogP contribution in [0.5, 0.6) is 0 Å². The van der Waals surface area contributed by atoms with Crippen LogP contribution in [0, 0.1) is 13.8 Å². The molecule has 0 spiro atoms. The summed E-state index contributed by atoms with van der Waals surface area (Å²) in [5.74, 6) is 0.706. The monoisotopic (exact) mass is 345 g/mol. The zero-order valence-corrected chi connectivity index (χ0v) is 15.5. The molecule has 130 valence electrons. The lowest BCUT2D eigenvalue weighted by molar-refractivity contribution is 0.137. The van der Waals surface area contributed by atoms with E-state index < -0.39 is 10.8 Å². The minimum Gasteiger partial charge on any atom is -0.298 e. The Hall–Kier alpha value is -1.46. The first-order valence-electron chi connectivity index (χ1n) is 8.82. The highest BCUT2D eigenvalue weighted by atomic mass is 32.2. The van der Waals surface area contributed by atoms with Gasteiger partial charge in [-0.1, -0.05) is 24.6 Å². The molecule has 4 nitrogen and oxygen atoms in total. The molecule has 0 unspecified atom stereocenters. The summed E-state index contributed by atoms with van der Waals surface area (Å²) in [5, 5.41) is 4.61. The van der Waals surface area contributed by atoms with Crippen molar-refractivity contribution in [3.63, 3.8) is 0 Å². The summed E-state index contributed by atoms with van der Waals surface area (Å²) in [6, 6.07) is 12.4. The van der Waals surface area contributed by atoms with Gasteiger partial charge in [0.05, 0.1) is 23.0 Å². The average Bonchev–Trinajstić information content (AvgIpc) is 2.92. The SMILES string of the molecule is Cc1cc(C)n(C[C@@H]2CCCCN2CC[S@@](=O)c2ccccc2)n1. The molecule has 0 saturated carbocycles. The molecule has 1 aliphatic rings. The molecule has 5 heteroatoms. The molecule has 1 fully saturated rings. The van der Waals surface area contributed by atoms with Crippen LogP contribution in [0.2, 0.25) is 0 Å². The van der Waals surface area contributed by atoms with Gasteiger partial charge in [-0.05, 0) is 51.4 Å². The van der Waals surface area contributed by atoms with Gasteiger partial charge in [-0.25, -0.2) is 0 Å². The molecule has 3 rings (SSSR count). The van der Waals surface area contributed by atoms with Gasteiger partial charge in [0.1, 0.15) is 0 Å². The van der Waals surface area contributed by atoms with Crippen LogP contribution in [0.3, 0.4) is 0 Å². The summed E-state index contributed by atoms with van der Waals surface area (Å²) >= 11 is 0. The van der Waals surface area contributed by atoms with Crippen LogP contribution in [0.1, 0.15) is 30.7 Å². The Kier molecular flexibility index (Phi) is 5.85. The van der Waals surface area contributed by atoms with Gasteiger partial charge in [0, 0.05) is 28.9 Å². The number of likely N-dealkylation sites (tertiary alicyclic amines) is 1. The van der Waals surface area contributed by atoms with Crippen molar-refractivity contribution < 1.29 is 4.21 Å². The lowest BCUT2D eigenvalue weighted by Gasteiger charge is -2.35. The molecule has 0 N–H and O–H groups in total. The fourth-order valence-electron chi connectivity index (χ4n) is 3.51. The molecule has 1 aromatic heterocycles. The van der Waals surface area contributed by atoms with Crippen LogP contribution in [0.4, 0.5) is 0 Å². The van der Waals surface area contributed by atoms with E-state index in [-0.39, 0.29) is 0 Å². The van der Waals surface area contributed by atoms with Gasteiger partial charge in [0.25, 0.3) is 0 Å². The van der Waals surface area contributed by atoms with Crippen molar-refractivity contribution in [2.24, 2.45) is 0 Å². The second kappa shape index (κ2) is 8.08. The molecule has 0 radical (unpaired) electrons. The van der Waals surface area contributed by atoms with Gasteiger partial charge in [-0.2, -0.15) is 5.10 Å². The second-order valence-electron chi connectivity index (χ2n) is 6.66. The van der Waals surface area contributed by atoms with Gasteiger partial charge < -0.3 is 0 Å². The third kappa shape index (κ3) is 4.33. The van der Waals surface area contributed by atoms with Gasteiger partial charge in [-0.15, -0.1) is 0 Å². The highest BCUT2D eigenvalue weighted by Crippen LogP contribution is 2.19. The maximum absolute atomic E-state index is 12.5. The number of hydrogen-bond acceptors (Lipinski definition) is 3. The van der Waals surface area contributed by atoms with Crippen molar-refractivity contribution in [2.45, 2.75) is 50.6 Å². The molecule has 1 saturated heterocycles. The van der Waals surface area contributed by atoms with Crippen LogP contribution in [0.15, 0.2) is 41.3 Å². The van der Waals surface area contributed by atoms with Crippen LogP contribution < -0.4 is 0 Å². The number of benzene rings is 1. The number of aromatic nitrogens is 2. The third-order valence-electron chi connectivity index (χ3n) is 4.81. The minimum absolute atomic E-state index is 0.504.